The van der Waals surface area contributed by atoms with Gasteiger partial charge in [0, 0.05) is 18.8 Å². The minimum absolute atomic E-state index is 0.125. The third-order valence-corrected chi connectivity index (χ3v) is 3.47. The summed E-state index contributed by atoms with van der Waals surface area (Å²) in [6.45, 7) is 5.56. The van der Waals surface area contributed by atoms with Gasteiger partial charge in [-0.3, -0.25) is 9.59 Å². The summed E-state index contributed by atoms with van der Waals surface area (Å²) in [6.07, 6.45) is 3.91. The van der Waals surface area contributed by atoms with Crippen LogP contribution >= 0.6 is 0 Å². The maximum atomic E-state index is 12.2. The minimum atomic E-state index is -0.249. The molecule has 0 aliphatic carbocycles. The Morgan fingerprint density at radius 3 is 2.67 bits per heavy atom. The predicted molar refractivity (Wildman–Crippen MR) is 70.9 cm³/mol. The lowest BCUT2D eigenvalue weighted by atomic mass is 10.1. The number of carbonyl (C=O) groups is 1. The fourth-order valence-electron chi connectivity index (χ4n) is 2.43. The van der Waals surface area contributed by atoms with E-state index in [2.05, 4.69) is 11.9 Å². The zero-order valence-electron chi connectivity index (χ0n) is 11.1. The van der Waals surface area contributed by atoms with Gasteiger partial charge in [-0.2, -0.15) is 0 Å². The first kappa shape index (κ1) is 12.9. The fraction of sp³-hybridized carbons (Fsp3) is 0.571. The number of carbonyl (C=O) groups excluding carboxylic acids is 1. The summed E-state index contributed by atoms with van der Waals surface area (Å²) >= 11 is 0. The van der Waals surface area contributed by atoms with Crippen molar-refractivity contribution in [2.75, 3.05) is 13.1 Å². The molecule has 1 fully saturated rings. The van der Waals surface area contributed by atoms with Gasteiger partial charge in [0.15, 0.2) is 0 Å². The molecule has 98 valence electrons. The second kappa shape index (κ2) is 5.38. The normalized spacial score (nSPS) is 15.1. The number of aryl methyl sites for hydroxylation is 2. The molecule has 1 aromatic heterocycles. The van der Waals surface area contributed by atoms with Crippen molar-refractivity contribution in [2.45, 2.75) is 39.5 Å². The Bertz CT molecular complexity index is 499. The molecule has 2 heterocycles. The third kappa shape index (κ3) is 2.47. The van der Waals surface area contributed by atoms with Gasteiger partial charge in [-0.15, -0.1) is 0 Å². The van der Waals surface area contributed by atoms with E-state index in [0.717, 1.165) is 50.0 Å². The quantitative estimate of drug-likeness (QED) is 0.887. The van der Waals surface area contributed by atoms with E-state index in [1.165, 1.54) is 0 Å². The predicted octanol–water partition coefficient (Wildman–Crippen LogP) is 1.87. The smallest absolute Gasteiger partial charge is 0.261 e. The highest BCUT2D eigenvalue weighted by Gasteiger charge is 2.22. The standard InChI is InChI=1S/C14H20N2O2/c1-3-6-12-10(2)9-11(13(17)15-12)14(18)16-7-4-5-8-16/h9H,3-8H2,1-2H3,(H,15,17). The summed E-state index contributed by atoms with van der Waals surface area (Å²) in [6, 6.07) is 1.74. The van der Waals surface area contributed by atoms with E-state index in [1.807, 2.05) is 6.92 Å². The largest absolute Gasteiger partial charge is 0.338 e. The second-order valence-corrected chi connectivity index (χ2v) is 4.92. The topological polar surface area (TPSA) is 53.2 Å². The van der Waals surface area contributed by atoms with E-state index >= 15 is 0 Å². The average Bonchev–Trinajstić information content (AvgIpc) is 2.86. The van der Waals surface area contributed by atoms with Gasteiger partial charge in [0.1, 0.15) is 5.56 Å². The molecule has 4 heteroatoms. The number of amides is 1. The Morgan fingerprint density at radius 2 is 2.06 bits per heavy atom. The van der Waals surface area contributed by atoms with Crippen LogP contribution in [0.1, 0.15) is 47.8 Å². The van der Waals surface area contributed by atoms with E-state index in [1.54, 1.807) is 11.0 Å². The molecule has 1 amide bonds. The monoisotopic (exact) mass is 248 g/mol. The molecule has 2 rings (SSSR count). The summed E-state index contributed by atoms with van der Waals surface area (Å²) < 4.78 is 0. The zero-order chi connectivity index (χ0) is 13.1. The highest BCUT2D eigenvalue weighted by molar-refractivity contribution is 5.94. The molecule has 1 aliphatic rings. The lowest BCUT2D eigenvalue weighted by Gasteiger charge is -2.15. The molecule has 0 radical (unpaired) electrons. The van der Waals surface area contributed by atoms with Crippen LogP contribution in [0.3, 0.4) is 0 Å². The maximum absolute atomic E-state index is 12.2. The van der Waals surface area contributed by atoms with Crippen LogP contribution in [0.5, 0.6) is 0 Å². The molecule has 0 saturated carbocycles. The van der Waals surface area contributed by atoms with Crippen molar-refractivity contribution < 1.29 is 4.79 Å². The van der Waals surface area contributed by atoms with Crippen molar-refractivity contribution in [1.82, 2.24) is 9.88 Å². The summed E-state index contributed by atoms with van der Waals surface area (Å²) in [5.41, 5.74) is 1.98. The number of hydrogen-bond acceptors (Lipinski definition) is 2. The van der Waals surface area contributed by atoms with Crippen molar-refractivity contribution in [3.8, 4) is 0 Å². The lowest BCUT2D eigenvalue weighted by molar-refractivity contribution is 0.0791. The van der Waals surface area contributed by atoms with E-state index in [9.17, 15) is 9.59 Å². The van der Waals surface area contributed by atoms with Gasteiger partial charge in [0.05, 0.1) is 0 Å². The number of nitrogens with zero attached hydrogens (tertiary/aromatic N) is 1. The van der Waals surface area contributed by atoms with Crippen LogP contribution in [0.2, 0.25) is 0 Å². The summed E-state index contributed by atoms with van der Waals surface area (Å²) in [7, 11) is 0. The fourth-order valence-corrected chi connectivity index (χ4v) is 2.43. The van der Waals surface area contributed by atoms with Crippen molar-refractivity contribution in [1.29, 1.82) is 0 Å². The SMILES string of the molecule is CCCc1[nH]c(=O)c(C(=O)N2CCCC2)cc1C. The van der Waals surface area contributed by atoms with E-state index in [-0.39, 0.29) is 17.0 Å². The molecule has 1 aromatic rings. The Hall–Kier alpha value is -1.58. The van der Waals surface area contributed by atoms with Gasteiger partial charge in [-0.25, -0.2) is 0 Å². The van der Waals surface area contributed by atoms with Gasteiger partial charge >= 0.3 is 0 Å². The molecule has 0 spiro atoms. The van der Waals surface area contributed by atoms with Crippen molar-refractivity contribution in [3.63, 3.8) is 0 Å². The first-order valence-corrected chi connectivity index (χ1v) is 6.65. The number of pyridine rings is 1. The number of aromatic amines is 1. The number of hydrogen-bond donors (Lipinski definition) is 1. The summed E-state index contributed by atoms with van der Waals surface area (Å²) in [4.78, 5) is 28.8. The number of likely N-dealkylation sites (tertiary alicyclic amines) is 1. The van der Waals surface area contributed by atoms with Crippen LogP contribution in [-0.4, -0.2) is 28.9 Å². The minimum Gasteiger partial charge on any atom is -0.338 e. The summed E-state index contributed by atoms with van der Waals surface area (Å²) in [5, 5.41) is 0. The Labute approximate surface area is 107 Å². The van der Waals surface area contributed by atoms with E-state index in [4.69, 9.17) is 0 Å². The van der Waals surface area contributed by atoms with Gasteiger partial charge in [0.25, 0.3) is 11.5 Å². The molecule has 0 unspecified atom stereocenters. The lowest BCUT2D eigenvalue weighted by Crippen LogP contribution is -2.33. The van der Waals surface area contributed by atoms with Crippen molar-refractivity contribution in [2.24, 2.45) is 0 Å². The molecule has 1 saturated heterocycles. The van der Waals surface area contributed by atoms with E-state index < -0.39 is 0 Å². The molecular weight excluding hydrogens is 228 g/mol. The summed E-state index contributed by atoms with van der Waals surface area (Å²) in [5.74, 6) is -0.125. The zero-order valence-corrected chi connectivity index (χ0v) is 11.1. The second-order valence-electron chi connectivity index (χ2n) is 4.92. The van der Waals surface area contributed by atoms with Crippen LogP contribution in [0.4, 0.5) is 0 Å². The third-order valence-electron chi connectivity index (χ3n) is 3.47. The van der Waals surface area contributed by atoms with Crippen molar-refractivity contribution >= 4 is 5.91 Å². The van der Waals surface area contributed by atoms with Crippen LogP contribution in [-0.2, 0) is 6.42 Å². The highest BCUT2D eigenvalue weighted by Crippen LogP contribution is 2.13. The highest BCUT2D eigenvalue weighted by atomic mass is 16.2. The number of H-pyrrole nitrogens is 1. The van der Waals surface area contributed by atoms with Gasteiger partial charge in [-0.05, 0) is 37.8 Å². The molecule has 0 atom stereocenters. The molecule has 1 N–H and O–H groups in total. The molecular formula is C14H20N2O2. The van der Waals surface area contributed by atoms with Crippen LogP contribution in [0.15, 0.2) is 10.9 Å². The number of rotatable bonds is 3. The van der Waals surface area contributed by atoms with Crippen molar-refractivity contribution in [3.05, 3.63) is 33.2 Å². The first-order valence-electron chi connectivity index (χ1n) is 6.65. The average molecular weight is 248 g/mol. The Kier molecular flexibility index (Phi) is 3.84. The first-order chi connectivity index (χ1) is 8.63. The van der Waals surface area contributed by atoms with E-state index in [0.29, 0.717) is 0 Å². The van der Waals surface area contributed by atoms with Gasteiger partial charge in [0.2, 0.25) is 0 Å². The van der Waals surface area contributed by atoms with Gasteiger partial charge in [-0.1, -0.05) is 13.3 Å². The van der Waals surface area contributed by atoms with Crippen LogP contribution in [0, 0.1) is 6.92 Å². The number of nitrogens with one attached hydrogen (secondary N) is 1. The maximum Gasteiger partial charge on any atom is 0.261 e. The Balaban J connectivity index is 2.31. The van der Waals surface area contributed by atoms with Crippen LogP contribution < -0.4 is 5.56 Å². The molecule has 0 bridgehead atoms. The molecule has 4 nitrogen and oxygen atoms in total. The number of aromatic nitrogens is 1. The molecule has 0 aromatic carbocycles. The molecule has 18 heavy (non-hydrogen) atoms. The Morgan fingerprint density at radius 1 is 1.39 bits per heavy atom. The van der Waals surface area contributed by atoms with Gasteiger partial charge < -0.3 is 9.88 Å². The van der Waals surface area contributed by atoms with Crippen LogP contribution in [0.25, 0.3) is 0 Å². The molecule has 1 aliphatic heterocycles.